The van der Waals surface area contributed by atoms with E-state index in [4.69, 9.17) is 5.73 Å². The minimum Gasteiger partial charge on any atom is -0.381 e. The minimum absolute atomic E-state index is 0.0278. The number of carbonyl (C=O) groups excluding carboxylic acids is 1. The number of aromatic nitrogens is 2. The molecular formula is C8H12N4OS. The summed E-state index contributed by atoms with van der Waals surface area (Å²) in [6, 6.07) is 0. The Morgan fingerprint density at radius 1 is 1.50 bits per heavy atom. The molecule has 0 fully saturated rings. The van der Waals surface area contributed by atoms with Gasteiger partial charge in [0.25, 0.3) is 0 Å². The fourth-order valence-electron chi connectivity index (χ4n) is 0.706. The summed E-state index contributed by atoms with van der Waals surface area (Å²) in [6.45, 7) is 0. The van der Waals surface area contributed by atoms with Crippen molar-refractivity contribution in [1.29, 1.82) is 0 Å². The van der Waals surface area contributed by atoms with Crippen LogP contribution < -0.4 is 5.73 Å². The largest absolute Gasteiger partial charge is 0.381 e. The number of nitrogen functional groups attached to an aromatic ring is 1. The van der Waals surface area contributed by atoms with Gasteiger partial charge in [-0.1, -0.05) is 11.8 Å². The molecule has 1 heterocycles. The molecule has 0 aromatic carbocycles. The van der Waals surface area contributed by atoms with E-state index in [-0.39, 0.29) is 5.91 Å². The molecule has 0 aliphatic carbocycles. The Morgan fingerprint density at radius 2 is 2.14 bits per heavy atom. The zero-order valence-electron chi connectivity index (χ0n) is 8.10. The SMILES string of the molecule is CN(C)C(=O)CSc1nccnc1N. The van der Waals surface area contributed by atoms with Crippen molar-refractivity contribution in [1.82, 2.24) is 14.9 Å². The van der Waals surface area contributed by atoms with Gasteiger partial charge in [0.15, 0.2) is 5.82 Å². The number of thioether (sulfide) groups is 1. The molecule has 14 heavy (non-hydrogen) atoms. The van der Waals surface area contributed by atoms with Crippen LogP contribution in [0.5, 0.6) is 0 Å². The third-order valence-corrected chi connectivity index (χ3v) is 2.50. The topological polar surface area (TPSA) is 72.1 Å². The highest BCUT2D eigenvalue weighted by Crippen LogP contribution is 2.19. The lowest BCUT2D eigenvalue weighted by Crippen LogP contribution is -2.23. The smallest absolute Gasteiger partial charge is 0.232 e. The number of rotatable bonds is 3. The maximum atomic E-state index is 11.2. The van der Waals surface area contributed by atoms with Crippen LogP contribution in [0.3, 0.4) is 0 Å². The quantitative estimate of drug-likeness (QED) is 0.727. The van der Waals surface area contributed by atoms with Gasteiger partial charge in [-0.2, -0.15) is 0 Å². The van der Waals surface area contributed by atoms with Crippen molar-refractivity contribution in [2.24, 2.45) is 0 Å². The van der Waals surface area contributed by atoms with Gasteiger partial charge in [0.05, 0.1) is 5.75 Å². The molecule has 0 saturated heterocycles. The van der Waals surface area contributed by atoms with Gasteiger partial charge in [0.1, 0.15) is 5.03 Å². The summed E-state index contributed by atoms with van der Waals surface area (Å²) in [5, 5.41) is 0.600. The van der Waals surface area contributed by atoms with E-state index in [9.17, 15) is 4.79 Å². The number of anilines is 1. The van der Waals surface area contributed by atoms with E-state index in [0.29, 0.717) is 16.6 Å². The maximum absolute atomic E-state index is 11.2. The van der Waals surface area contributed by atoms with Crippen LogP contribution in [0.2, 0.25) is 0 Å². The van der Waals surface area contributed by atoms with Gasteiger partial charge < -0.3 is 10.6 Å². The first-order chi connectivity index (χ1) is 6.61. The van der Waals surface area contributed by atoms with E-state index >= 15 is 0 Å². The van der Waals surface area contributed by atoms with Crippen molar-refractivity contribution in [2.75, 3.05) is 25.6 Å². The predicted octanol–water partition coefficient (Wildman–Crippen LogP) is 0.239. The van der Waals surface area contributed by atoms with Crippen molar-refractivity contribution in [3.05, 3.63) is 12.4 Å². The normalized spacial score (nSPS) is 9.86. The van der Waals surface area contributed by atoms with Gasteiger partial charge in [-0.3, -0.25) is 4.79 Å². The van der Waals surface area contributed by atoms with E-state index in [1.807, 2.05) is 0 Å². The molecule has 0 radical (unpaired) electrons. The number of nitrogens with zero attached hydrogens (tertiary/aromatic N) is 3. The van der Waals surface area contributed by atoms with E-state index in [1.54, 1.807) is 20.3 Å². The highest BCUT2D eigenvalue weighted by molar-refractivity contribution is 8.00. The Bertz CT molecular complexity index is 329. The zero-order chi connectivity index (χ0) is 10.6. The molecule has 1 rings (SSSR count). The molecule has 76 valence electrons. The van der Waals surface area contributed by atoms with Crippen LogP contribution in [0, 0.1) is 0 Å². The second kappa shape index (κ2) is 4.80. The molecule has 0 aliphatic rings. The number of hydrogen-bond acceptors (Lipinski definition) is 5. The molecule has 1 amide bonds. The van der Waals surface area contributed by atoms with Crippen molar-refractivity contribution < 1.29 is 4.79 Å². The van der Waals surface area contributed by atoms with Gasteiger partial charge in [0.2, 0.25) is 5.91 Å². The first-order valence-corrected chi connectivity index (χ1v) is 4.99. The fraction of sp³-hybridized carbons (Fsp3) is 0.375. The molecule has 0 atom stereocenters. The minimum atomic E-state index is 0.0278. The molecule has 2 N–H and O–H groups in total. The lowest BCUT2D eigenvalue weighted by atomic mass is 10.6. The summed E-state index contributed by atoms with van der Waals surface area (Å²) >= 11 is 1.29. The monoisotopic (exact) mass is 212 g/mol. The average Bonchev–Trinajstić information content (AvgIpc) is 2.16. The Kier molecular flexibility index (Phi) is 3.70. The van der Waals surface area contributed by atoms with Gasteiger partial charge in [-0.15, -0.1) is 0 Å². The zero-order valence-corrected chi connectivity index (χ0v) is 8.91. The number of amides is 1. The molecule has 0 spiro atoms. The second-order valence-electron chi connectivity index (χ2n) is 2.82. The highest BCUT2D eigenvalue weighted by Gasteiger charge is 2.07. The van der Waals surface area contributed by atoms with E-state index in [2.05, 4.69) is 9.97 Å². The van der Waals surface area contributed by atoms with Crippen LogP contribution in [0.1, 0.15) is 0 Å². The Hall–Kier alpha value is -1.30. The fourth-order valence-corrected chi connectivity index (χ4v) is 1.56. The molecule has 0 saturated carbocycles. The first kappa shape index (κ1) is 10.8. The summed E-state index contributed by atoms with van der Waals surface area (Å²) in [7, 11) is 3.42. The van der Waals surface area contributed by atoms with Gasteiger partial charge in [-0.25, -0.2) is 9.97 Å². The van der Waals surface area contributed by atoms with Crippen LogP contribution in [0.4, 0.5) is 5.82 Å². The number of nitrogens with two attached hydrogens (primary N) is 1. The van der Waals surface area contributed by atoms with Crippen molar-refractivity contribution in [3.63, 3.8) is 0 Å². The van der Waals surface area contributed by atoms with Crippen molar-refractivity contribution in [2.45, 2.75) is 5.03 Å². The molecule has 6 heteroatoms. The standard InChI is InChI=1S/C8H12N4OS/c1-12(2)6(13)5-14-8-7(9)10-3-4-11-8/h3-4H,5H2,1-2H3,(H2,9,10). The van der Waals surface area contributed by atoms with Crippen molar-refractivity contribution in [3.8, 4) is 0 Å². The highest BCUT2D eigenvalue weighted by atomic mass is 32.2. The number of hydrogen-bond donors (Lipinski definition) is 1. The summed E-state index contributed by atoms with van der Waals surface area (Å²) in [5.41, 5.74) is 5.56. The van der Waals surface area contributed by atoms with Gasteiger partial charge in [-0.05, 0) is 0 Å². The Balaban J connectivity index is 2.54. The van der Waals surface area contributed by atoms with E-state index in [0.717, 1.165) is 0 Å². The molecule has 5 nitrogen and oxygen atoms in total. The molecule has 1 aromatic rings. The summed E-state index contributed by atoms with van der Waals surface area (Å²) in [6.07, 6.45) is 3.08. The predicted molar refractivity (Wildman–Crippen MR) is 55.9 cm³/mol. The van der Waals surface area contributed by atoms with Gasteiger partial charge >= 0.3 is 0 Å². The average molecular weight is 212 g/mol. The molecule has 0 bridgehead atoms. The lowest BCUT2D eigenvalue weighted by Gasteiger charge is -2.09. The van der Waals surface area contributed by atoms with Crippen LogP contribution in [-0.4, -0.2) is 40.6 Å². The van der Waals surface area contributed by atoms with Crippen LogP contribution in [0.25, 0.3) is 0 Å². The van der Waals surface area contributed by atoms with E-state index in [1.165, 1.54) is 22.9 Å². The third kappa shape index (κ3) is 2.88. The lowest BCUT2D eigenvalue weighted by molar-refractivity contribution is -0.125. The first-order valence-electron chi connectivity index (χ1n) is 4.00. The molecule has 0 aliphatic heterocycles. The Labute approximate surface area is 86.7 Å². The second-order valence-corrected chi connectivity index (χ2v) is 3.79. The summed E-state index contributed by atoms with van der Waals surface area (Å²) in [5.74, 6) is 0.722. The third-order valence-electron chi connectivity index (χ3n) is 1.52. The molecule has 0 unspecified atom stereocenters. The summed E-state index contributed by atoms with van der Waals surface area (Å²) < 4.78 is 0. The van der Waals surface area contributed by atoms with Crippen LogP contribution >= 0.6 is 11.8 Å². The van der Waals surface area contributed by atoms with E-state index < -0.39 is 0 Å². The summed E-state index contributed by atoms with van der Waals surface area (Å²) in [4.78, 5) is 20.7. The maximum Gasteiger partial charge on any atom is 0.232 e. The molecular weight excluding hydrogens is 200 g/mol. The van der Waals surface area contributed by atoms with Gasteiger partial charge in [0, 0.05) is 26.5 Å². The molecule has 1 aromatic heterocycles. The Morgan fingerprint density at radius 3 is 2.71 bits per heavy atom. The van der Waals surface area contributed by atoms with Crippen LogP contribution in [-0.2, 0) is 4.79 Å². The van der Waals surface area contributed by atoms with Crippen molar-refractivity contribution >= 4 is 23.5 Å². The number of carbonyl (C=O) groups is 1. The van der Waals surface area contributed by atoms with Crippen LogP contribution in [0.15, 0.2) is 17.4 Å².